The van der Waals surface area contributed by atoms with Crippen molar-refractivity contribution in [3.63, 3.8) is 0 Å². The van der Waals surface area contributed by atoms with Gasteiger partial charge >= 0.3 is 0 Å². The predicted molar refractivity (Wildman–Crippen MR) is 121 cm³/mol. The number of aryl methyl sites for hydroxylation is 2. The van der Waals surface area contributed by atoms with E-state index in [9.17, 15) is 0 Å². The maximum atomic E-state index is 8.85. The fraction of sp³-hybridized carbons (Fsp3) is 0.320. The lowest BCUT2D eigenvalue weighted by Gasteiger charge is -2.30. The van der Waals surface area contributed by atoms with E-state index >= 15 is 0 Å². The molecule has 0 heterocycles. The number of benzene rings is 3. The Labute approximate surface area is 168 Å². The molecule has 3 aromatic rings. The van der Waals surface area contributed by atoms with Gasteiger partial charge in [0, 0.05) is 25.5 Å². The van der Waals surface area contributed by atoms with Gasteiger partial charge in [0.15, 0.2) is 0 Å². The Kier molecular flexibility index (Phi) is 4.84. The maximum Gasteiger partial charge on any atom is 0.202 e. The quantitative estimate of drug-likeness (QED) is 0.453. The largest absolute Gasteiger partial charge is 0.316 e. The van der Waals surface area contributed by atoms with Gasteiger partial charge in [0.25, 0.3) is 0 Å². The minimum absolute atomic E-state index is 0.487. The van der Waals surface area contributed by atoms with Gasteiger partial charge < -0.3 is 9.80 Å². The number of nitrogens with zero attached hydrogens (tertiary/aromatic N) is 2. The lowest BCUT2D eigenvalue weighted by atomic mass is 9.98. The summed E-state index contributed by atoms with van der Waals surface area (Å²) in [6.07, 6.45) is 3.27. The van der Waals surface area contributed by atoms with E-state index in [1.54, 1.807) is 0 Å². The van der Waals surface area contributed by atoms with E-state index in [0.717, 1.165) is 30.6 Å². The zero-order valence-corrected chi connectivity index (χ0v) is 17.3. The van der Waals surface area contributed by atoms with Crippen LogP contribution in [-0.2, 0) is 12.8 Å². The molecule has 1 aliphatic carbocycles. The Balaban J connectivity index is 1.65. The molecule has 0 bridgehead atoms. The van der Waals surface area contributed by atoms with Crippen LogP contribution in [0.15, 0.2) is 54.6 Å². The summed E-state index contributed by atoms with van der Waals surface area (Å²) in [6, 6.07) is 19.5. The average molecular weight is 372 g/mol. The Hall–Kier alpha value is -2.81. The summed E-state index contributed by atoms with van der Waals surface area (Å²) in [7, 11) is 4.00. The van der Waals surface area contributed by atoms with Crippen molar-refractivity contribution < 1.29 is 0 Å². The van der Waals surface area contributed by atoms with Crippen molar-refractivity contribution in [2.24, 2.45) is 0 Å². The molecule has 0 fully saturated rings. The monoisotopic (exact) mass is 371 g/mol. The van der Waals surface area contributed by atoms with Crippen LogP contribution < -0.4 is 9.80 Å². The molecular formula is C25H29N3. The van der Waals surface area contributed by atoms with E-state index in [4.69, 9.17) is 5.41 Å². The van der Waals surface area contributed by atoms with Crippen LogP contribution in [0.3, 0.4) is 0 Å². The summed E-state index contributed by atoms with van der Waals surface area (Å²) >= 11 is 0. The van der Waals surface area contributed by atoms with Crippen LogP contribution >= 0.6 is 0 Å². The molecule has 0 saturated carbocycles. The number of hydrogen-bond acceptors (Lipinski definition) is 1. The molecule has 1 unspecified atom stereocenters. The fourth-order valence-electron chi connectivity index (χ4n) is 4.30. The SMILES string of the molecule is CCC(C)c1cccc(N(C)C(=N)N(C)c2ccc3cccc4c3c2CC4)c1. The minimum Gasteiger partial charge on any atom is -0.316 e. The molecule has 0 spiro atoms. The van der Waals surface area contributed by atoms with Crippen molar-refractivity contribution in [2.75, 3.05) is 23.9 Å². The molecule has 0 aliphatic heterocycles. The van der Waals surface area contributed by atoms with Crippen LogP contribution in [-0.4, -0.2) is 20.1 Å². The number of nitrogens with one attached hydrogen (secondary N) is 1. The second kappa shape index (κ2) is 7.31. The van der Waals surface area contributed by atoms with Crippen LogP contribution in [0.1, 0.15) is 42.9 Å². The molecule has 4 rings (SSSR count). The molecule has 1 atom stereocenters. The third kappa shape index (κ3) is 3.05. The second-order valence-electron chi connectivity index (χ2n) is 7.92. The minimum atomic E-state index is 0.487. The summed E-state index contributed by atoms with van der Waals surface area (Å²) in [5, 5.41) is 11.5. The van der Waals surface area contributed by atoms with Crippen molar-refractivity contribution in [1.82, 2.24) is 0 Å². The predicted octanol–water partition coefficient (Wildman–Crippen LogP) is 5.96. The van der Waals surface area contributed by atoms with E-state index in [0.29, 0.717) is 11.9 Å². The highest BCUT2D eigenvalue weighted by Gasteiger charge is 2.22. The summed E-state index contributed by atoms with van der Waals surface area (Å²) in [5.74, 6) is 1.01. The Morgan fingerprint density at radius 3 is 2.57 bits per heavy atom. The summed E-state index contributed by atoms with van der Waals surface area (Å²) in [6.45, 7) is 4.47. The standard InChI is InChI=1S/C25H29N3/c1-5-17(2)20-10-7-11-21(16-20)27(3)25(26)28(4)23-15-13-19-9-6-8-18-12-14-22(23)24(18)19/h6-11,13,15-17,26H,5,12,14H2,1-4H3. The highest BCUT2D eigenvalue weighted by molar-refractivity contribution is 6.07. The number of anilines is 2. The number of guanidine groups is 1. The lowest BCUT2D eigenvalue weighted by Crippen LogP contribution is -2.40. The lowest BCUT2D eigenvalue weighted by molar-refractivity contribution is 0.733. The maximum absolute atomic E-state index is 8.85. The van der Waals surface area contributed by atoms with Crippen molar-refractivity contribution in [1.29, 1.82) is 5.41 Å². The highest BCUT2D eigenvalue weighted by atomic mass is 15.3. The third-order valence-corrected chi connectivity index (χ3v) is 6.29. The van der Waals surface area contributed by atoms with Crippen LogP contribution in [0.2, 0.25) is 0 Å². The van der Waals surface area contributed by atoms with Crippen molar-refractivity contribution >= 4 is 28.1 Å². The van der Waals surface area contributed by atoms with Gasteiger partial charge in [-0.25, -0.2) is 0 Å². The van der Waals surface area contributed by atoms with Crippen molar-refractivity contribution in [3.05, 3.63) is 71.3 Å². The van der Waals surface area contributed by atoms with Crippen LogP contribution in [0.25, 0.3) is 10.8 Å². The molecule has 3 aromatic carbocycles. The molecule has 0 saturated heterocycles. The summed E-state index contributed by atoms with van der Waals surface area (Å²) in [4.78, 5) is 4.00. The van der Waals surface area contributed by atoms with Crippen LogP contribution in [0.5, 0.6) is 0 Å². The molecule has 1 aliphatic rings. The van der Waals surface area contributed by atoms with E-state index in [1.165, 1.54) is 27.5 Å². The Bertz CT molecular complexity index is 1040. The smallest absolute Gasteiger partial charge is 0.202 e. The highest BCUT2D eigenvalue weighted by Crippen LogP contribution is 2.37. The first-order valence-corrected chi connectivity index (χ1v) is 10.2. The van der Waals surface area contributed by atoms with Gasteiger partial charge in [0.1, 0.15) is 0 Å². The first kappa shape index (κ1) is 18.5. The van der Waals surface area contributed by atoms with Crippen molar-refractivity contribution in [3.8, 4) is 0 Å². The topological polar surface area (TPSA) is 30.3 Å². The molecule has 0 amide bonds. The molecular weight excluding hydrogens is 342 g/mol. The first-order chi connectivity index (χ1) is 13.5. The molecule has 3 nitrogen and oxygen atoms in total. The second-order valence-corrected chi connectivity index (χ2v) is 7.92. The van der Waals surface area contributed by atoms with Crippen LogP contribution in [0, 0.1) is 5.41 Å². The zero-order valence-electron chi connectivity index (χ0n) is 17.3. The van der Waals surface area contributed by atoms with Gasteiger partial charge in [-0.2, -0.15) is 0 Å². The number of hydrogen-bond donors (Lipinski definition) is 1. The van der Waals surface area contributed by atoms with Gasteiger partial charge in [0.05, 0.1) is 0 Å². The van der Waals surface area contributed by atoms with E-state index in [2.05, 4.69) is 68.4 Å². The first-order valence-electron chi connectivity index (χ1n) is 10.2. The van der Waals surface area contributed by atoms with E-state index < -0.39 is 0 Å². The third-order valence-electron chi connectivity index (χ3n) is 6.29. The molecule has 144 valence electrons. The fourth-order valence-corrected chi connectivity index (χ4v) is 4.30. The molecule has 0 aromatic heterocycles. The summed E-state index contributed by atoms with van der Waals surface area (Å²) in [5.41, 5.74) is 6.35. The van der Waals surface area contributed by atoms with Crippen LogP contribution in [0.4, 0.5) is 11.4 Å². The van der Waals surface area contributed by atoms with Gasteiger partial charge in [-0.15, -0.1) is 0 Å². The molecule has 1 N–H and O–H groups in total. The normalized spacial score (nSPS) is 13.6. The Morgan fingerprint density at radius 2 is 1.79 bits per heavy atom. The Morgan fingerprint density at radius 1 is 1.00 bits per heavy atom. The van der Waals surface area contributed by atoms with Gasteiger partial charge in [0.2, 0.25) is 5.96 Å². The van der Waals surface area contributed by atoms with Gasteiger partial charge in [-0.1, -0.05) is 50.2 Å². The molecule has 28 heavy (non-hydrogen) atoms. The van der Waals surface area contributed by atoms with Gasteiger partial charge in [-0.3, -0.25) is 5.41 Å². The van der Waals surface area contributed by atoms with Gasteiger partial charge in [-0.05, 0) is 70.8 Å². The molecule has 0 radical (unpaired) electrons. The van der Waals surface area contributed by atoms with E-state index in [1.807, 2.05) is 23.9 Å². The summed E-state index contributed by atoms with van der Waals surface area (Å²) < 4.78 is 0. The van der Waals surface area contributed by atoms with E-state index in [-0.39, 0.29) is 0 Å². The zero-order chi connectivity index (χ0) is 19.8. The molecule has 3 heteroatoms. The number of rotatable bonds is 4. The van der Waals surface area contributed by atoms with Crippen molar-refractivity contribution in [2.45, 2.75) is 39.0 Å². The average Bonchev–Trinajstić information content (AvgIpc) is 3.18.